The van der Waals surface area contributed by atoms with E-state index in [4.69, 9.17) is 4.74 Å². The molecule has 0 saturated heterocycles. The SMILES string of the molecule is Cn1c(=O)n(Cc2ccccc2)c(=O)c2c(Cc3cccc(Oc4ccccc4)c3)c(C(=O)O)sc21. The highest BCUT2D eigenvalue weighted by Gasteiger charge is 2.24. The number of thiophene rings is 1. The van der Waals surface area contributed by atoms with Crippen molar-refractivity contribution in [3.8, 4) is 11.5 Å². The number of aromatic carboxylic acids is 1. The summed E-state index contributed by atoms with van der Waals surface area (Å²) in [7, 11) is 1.56. The van der Waals surface area contributed by atoms with Crippen LogP contribution in [0.5, 0.6) is 11.5 Å². The number of carboxylic acids is 1. The summed E-state index contributed by atoms with van der Waals surface area (Å²) in [6.07, 6.45) is 0.201. The van der Waals surface area contributed by atoms with E-state index in [9.17, 15) is 19.5 Å². The minimum absolute atomic E-state index is 0.0453. The standard InChI is InChI=1S/C28H22N2O5S/c1-29-26-23(25(31)30(28(29)34)17-18-9-4-2-5-10-18)22(24(36-26)27(32)33)16-19-11-8-14-21(15-19)35-20-12-6-3-7-13-20/h2-15H,16-17H2,1H3,(H,32,33). The summed E-state index contributed by atoms with van der Waals surface area (Å²) in [6.45, 7) is 0.0976. The minimum atomic E-state index is -1.13. The molecule has 180 valence electrons. The first-order valence-corrected chi connectivity index (χ1v) is 12.1. The fourth-order valence-electron chi connectivity index (χ4n) is 4.19. The van der Waals surface area contributed by atoms with Crippen LogP contribution in [0, 0.1) is 0 Å². The van der Waals surface area contributed by atoms with Gasteiger partial charge in [0.2, 0.25) is 0 Å². The summed E-state index contributed by atoms with van der Waals surface area (Å²) in [4.78, 5) is 39.2. The van der Waals surface area contributed by atoms with Gasteiger partial charge in [-0.25, -0.2) is 9.59 Å². The summed E-state index contributed by atoms with van der Waals surface area (Å²) in [5.41, 5.74) is 0.999. The minimum Gasteiger partial charge on any atom is -0.477 e. The summed E-state index contributed by atoms with van der Waals surface area (Å²) in [5.74, 6) is 0.147. The molecule has 0 aliphatic carbocycles. The van der Waals surface area contributed by atoms with Crippen molar-refractivity contribution in [2.75, 3.05) is 0 Å². The largest absolute Gasteiger partial charge is 0.477 e. The molecular formula is C28H22N2O5S. The maximum atomic E-state index is 13.6. The van der Waals surface area contributed by atoms with Gasteiger partial charge in [-0.2, -0.15) is 0 Å². The van der Waals surface area contributed by atoms with Crippen molar-refractivity contribution >= 4 is 27.5 Å². The number of hydrogen-bond acceptors (Lipinski definition) is 5. The van der Waals surface area contributed by atoms with Crippen LogP contribution in [0.15, 0.2) is 94.5 Å². The monoisotopic (exact) mass is 498 g/mol. The van der Waals surface area contributed by atoms with Crippen LogP contribution in [0.4, 0.5) is 0 Å². The highest BCUT2D eigenvalue weighted by atomic mass is 32.1. The van der Waals surface area contributed by atoms with Crippen LogP contribution in [-0.4, -0.2) is 20.2 Å². The molecule has 0 unspecified atom stereocenters. The number of carboxylic acid groups (broad SMARTS) is 1. The third-order valence-corrected chi connectivity index (χ3v) is 7.20. The third kappa shape index (κ3) is 4.46. The van der Waals surface area contributed by atoms with Gasteiger partial charge in [-0.1, -0.05) is 60.7 Å². The Morgan fingerprint density at radius 3 is 2.22 bits per heavy atom. The van der Waals surface area contributed by atoms with Crippen molar-refractivity contribution in [2.24, 2.45) is 7.05 Å². The molecule has 5 rings (SSSR count). The van der Waals surface area contributed by atoms with Gasteiger partial charge >= 0.3 is 11.7 Å². The van der Waals surface area contributed by atoms with E-state index < -0.39 is 17.2 Å². The van der Waals surface area contributed by atoms with E-state index in [1.807, 2.05) is 84.9 Å². The van der Waals surface area contributed by atoms with Crippen LogP contribution in [-0.2, 0) is 20.0 Å². The fraction of sp³-hybridized carbons (Fsp3) is 0.107. The molecule has 0 aliphatic heterocycles. The number of nitrogens with zero attached hydrogens (tertiary/aromatic N) is 2. The van der Waals surface area contributed by atoms with Gasteiger partial charge in [-0.3, -0.25) is 13.9 Å². The molecule has 0 spiro atoms. The topological polar surface area (TPSA) is 90.5 Å². The Balaban J connectivity index is 1.62. The van der Waals surface area contributed by atoms with Gasteiger partial charge in [0.05, 0.1) is 11.9 Å². The van der Waals surface area contributed by atoms with Crippen molar-refractivity contribution < 1.29 is 14.6 Å². The number of carbonyl (C=O) groups is 1. The van der Waals surface area contributed by atoms with Crippen LogP contribution in [0.25, 0.3) is 10.2 Å². The number of fused-ring (bicyclic) bond motifs is 1. The summed E-state index contributed by atoms with van der Waals surface area (Å²) >= 11 is 0.947. The molecule has 0 radical (unpaired) electrons. The molecule has 7 nitrogen and oxygen atoms in total. The molecule has 5 aromatic rings. The second kappa shape index (κ2) is 9.67. The van der Waals surface area contributed by atoms with Gasteiger partial charge in [0.15, 0.2) is 0 Å². The Labute approximate surface area is 210 Å². The van der Waals surface area contributed by atoms with Crippen LogP contribution < -0.4 is 16.0 Å². The zero-order valence-corrected chi connectivity index (χ0v) is 20.2. The fourth-order valence-corrected chi connectivity index (χ4v) is 5.30. The van der Waals surface area contributed by atoms with E-state index in [-0.39, 0.29) is 23.2 Å². The first-order chi connectivity index (χ1) is 17.4. The van der Waals surface area contributed by atoms with Crippen LogP contribution >= 0.6 is 11.3 Å². The quantitative estimate of drug-likeness (QED) is 0.345. The van der Waals surface area contributed by atoms with E-state index in [2.05, 4.69) is 0 Å². The zero-order valence-electron chi connectivity index (χ0n) is 19.4. The second-order valence-electron chi connectivity index (χ2n) is 8.35. The van der Waals surface area contributed by atoms with Crippen molar-refractivity contribution in [2.45, 2.75) is 13.0 Å². The Hall–Kier alpha value is -4.43. The Morgan fingerprint density at radius 1 is 0.889 bits per heavy atom. The second-order valence-corrected chi connectivity index (χ2v) is 9.35. The van der Waals surface area contributed by atoms with Gasteiger partial charge in [0, 0.05) is 13.5 Å². The molecule has 36 heavy (non-hydrogen) atoms. The number of rotatable bonds is 7. The van der Waals surface area contributed by atoms with Crippen LogP contribution in [0.3, 0.4) is 0 Å². The predicted octanol–water partition coefficient (Wildman–Crippen LogP) is 4.89. The van der Waals surface area contributed by atoms with Crippen molar-refractivity contribution in [3.63, 3.8) is 0 Å². The van der Waals surface area contributed by atoms with Gasteiger partial charge in [-0.15, -0.1) is 11.3 Å². The van der Waals surface area contributed by atoms with Crippen molar-refractivity contribution in [1.29, 1.82) is 0 Å². The first kappa shape index (κ1) is 23.3. The van der Waals surface area contributed by atoms with Gasteiger partial charge < -0.3 is 9.84 Å². The average molecular weight is 499 g/mol. The van der Waals surface area contributed by atoms with Gasteiger partial charge in [0.1, 0.15) is 21.2 Å². The number of benzene rings is 3. The average Bonchev–Trinajstić information content (AvgIpc) is 3.26. The number of ether oxygens (including phenoxy) is 1. The maximum absolute atomic E-state index is 13.6. The van der Waals surface area contributed by atoms with Crippen LogP contribution in [0.1, 0.15) is 26.4 Å². The maximum Gasteiger partial charge on any atom is 0.346 e. The zero-order chi connectivity index (χ0) is 25.2. The molecule has 0 bridgehead atoms. The molecule has 2 heterocycles. The van der Waals surface area contributed by atoms with Crippen molar-refractivity contribution in [1.82, 2.24) is 9.13 Å². The smallest absolute Gasteiger partial charge is 0.346 e. The number of hydrogen-bond donors (Lipinski definition) is 1. The van der Waals surface area contributed by atoms with E-state index in [1.165, 1.54) is 4.57 Å². The highest BCUT2D eigenvalue weighted by molar-refractivity contribution is 7.20. The Morgan fingerprint density at radius 2 is 1.53 bits per heavy atom. The molecule has 3 aromatic carbocycles. The normalized spacial score (nSPS) is 11.0. The molecule has 0 aliphatic rings. The molecule has 0 amide bonds. The van der Waals surface area contributed by atoms with Crippen molar-refractivity contribution in [3.05, 3.63) is 127 Å². The Kier molecular flexibility index (Phi) is 6.26. The molecule has 2 aromatic heterocycles. The van der Waals surface area contributed by atoms with Gasteiger partial charge in [-0.05, 0) is 41.0 Å². The molecule has 0 atom stereocenters. The lowest BCUT2D eigenvalue weighted by Gasteiger charge is -2.10. The van der Waals surface area contributed by atoms with Gasteiger partial charge in [0.25, 0.3) is 5.56 Å². The summed E-state index contributed by atoms with van der Waals surface area (Å²) < 4.78 is 8.44. The molecular weight excluding hydrogens is 476 g/mol. The lowest BCUT2D eigenvalue weighted by atomic mass is 10.0. The van der Waals surface area contributed by atoms with Crippen LogP contribution in [0.2, 0.25) is 0 Å². The lowest BCUT2D eigenvalue weighted by molar-refractivity contribution is 0.0701. The number of aromatic nitrogens is 2. The summed E-state index contributed by atoms with van der Waals surface area (Å²) in [6, 6.07) is 25.9. The molecule has 1 N–H and O–H groups in total. The van der Waals surface area contributed by atoms with E-state index in [0.29, 0.717) is 21.9 Å². The lowest BCUT2D eigenvalue weighted by Crippen LogP contribution is -2.39. The van der Waals surface area contributed by atoms with E-state index >= 15 is 0 Å². The third-order valence-electron chi connectivity index (χ3n) is 5.91. The predicted molar refractivity (Wildman–Crippen MR) is 140 cm³/mol. The van der Waals surface area contributed by atoms with E-state index in [1.54, 1.807) is 7.05 Å². The summed E-state index contributed by atoms with van der Waals surface area (Å²) in [5, 5.41) is 10.2. The van der Waals surface area contributed by atoms with E-state index in [0.717, 1.165) is 27.0 Å². The number of para-hydroxylation sites is 1. The molecule has 0 saturated carbocycles. The first-order valence-electron chi connectivity index (χ1n) is 11.3. The molecule has 0 fully saturated rings. The Bertz CT molecular complexity index is 1680. The highest BCUT2D eigenvalue weighted by Crippen LogP contribution is 2.31. The molecule has 8 heteroatoms. The number of aryl methyl sites for hydroxylation is 1.